The van der Waals surface area contributed by atoms with Gasteiger partial charge in [-0.05, 0) is 31.4 Å². The second-order valence-corrected chi connectivity index (χ2v) is 4.25. The van der Waals surface area contributed by atoms with Crippen molar-refractivity contribution in [3.05, 3.63) is 35.4 Å². The predicted molar refractivity (Wildman–Crippen MR) is 71.3 cm³/mol. The molecule has 0 aromatic heterocycles. The number of rotatable bonds is 8. The highest BCUT2D eigenvalue weighted by molar-refractivity contribution is 5.90. The average molecular weight is 250 g/mol. The van der Waals surface area contributed by atoms with Gasteiger partial charge < -0.3 is 0 Å². The fraction of sp³-hybridized carbons (Fsp3) is 0.533. The first-order valence-electron chi connectivity index (χ1n) is 6.71. The molecule has 0 bridgehead atoms. The molecule has 18 heavy (non-hydrogen) atoms. The largest absolute Gasteiger partial charge is 0.373 e. The molecule has 0 radical (unpaired) electrons. The molecular formula is C15H22O3. The van der Waals surface area contributed by atoms with Crippen molar-refractivity contribution in [3.8, 4) is 0 Å². The zero-order valence-corrected chi connectivity index (χ0v) is 11.3. The number of benzene rings is 1. The van der Waals surface area contributed by atoms with Gasteiger partial charge in [-0.3, -0.25) is 4.89 Å². The standard InChI is InChI=1S/C15H22O3/c1-3-5-6-7-10-13-11-8-9-12-14(13)15(16)18-17-4-2/h8-9,11-12H,3-7,10H2,1-2H3. The van der Waals surface area contributed by atoms with E-state index in [1.165, 1.54) is 19.3 Å². The Balaban J connectivity index is 2.58. The van der Waals surface area contributed by atoms with E-state index in [0.717, 1.165) is 18.4 Å². The predicted octanol–water partition coefficient (Wildman–Crippen LogP) is 3.92. The second kappa shape index (κ2) is 8.70. The molecule has 0 fully saturated rings. The number of aryl methyl sites for hydroxylation is 1. The highest BCUT2D eigenvalue weighted by atomic mass is 17.2. The molecule has 1 aromatic carbocycles. The molecule has 0 atom stereocenters. The first-order valence-corrected chi connectivity index (χ1v) is 6.71. The molecule has 1 aromatic rings. The van der Waals surface area contributed by atoms with Gasteiger partial charge in [0.25, 0.3) is 0 Å². The van der Waals surface area contributed by atoms with Crippen molar-refractivity contribution in [1.29, 1.82) is 0 Å². The summed E-state index contributed by atoms with van der Waals surface area (Å²) in [5.41, 5.74) is 1.65. The van der Waals surface area contributed by atoms with E-state index in [4.69, 9.17) is 9.78 Å². The van der Waals surface area contributed by atoms with Crippen LogP contribution in [0.3, 0.4) is 0 Å². The molecule has 0 heterocycles. The third-order valence-electron chi connectivity index (χ3n) is 2.79. The van der Waals surface area contributed by atoms with Crippen LogP contribution in [0.25, 0.3) is 0 Å². The van der Waals surface area contributed by atoms with Crippen molar-refractivity contribution in [1.82, 2.24) is 0 Å². The Hall–Kier alpha value is -1.35. The highest BCUT2D eigenvalue weighted by Gasteiger charge is 2.12. The molecule has 0 saturated heterocycles. The molecule has 0 aliphatic carbocycles. The lowest BCUT2D eigenvalue weighted by Gasteiger charge is -2.07. The van der Waals surface area contributed by atoms with Crippen LogP contribution in [-0.4, -0.2) is 12.6 Å². The lowest BCUT2D eigenvalue weighted by molar-refractivity contribution is -0.236. The van der Waals surface area contributed by atoms with Crippen molar-refractivity contribution in [3.63, 3.8) is 0 Å². The second-order valence-electron chi connectivity index (χ2n) is 4.25. The lowest BCUT2D eigenvalue weighted by Crippen LogP contribution is -2.09. The summed E-state index contributed by atoms with van der Waals surface area (Å²) in [5.74, 6) is -0.400. The van der Waals surface area contributed by atoms with E-state index in [1.54, 1.807) is 13.0 Å². The zero-order chi connectivity index (χ0) is 13.2. The summed E-state index contributed by atoms with van der Waals surface area (Å²) in [6.07, 6.45) is 5.68. The lowest BCUT2D eigenvalue weighted by atomic mass is 10.0. The van der Waals surface area contributed by atoms with Crippen LogP contribution in [-0.2, 0) is 16.2 Å². The molecule has 0 spiro atoms. The van der Waals surface area contributed by atoms with Crippen LogP contribution >= 0.6 is 0 Å². The summed E-state index contributed by atoms with van der Waals surface area (Å²) >= 11 is 0. The summed E-state index contributed by atoms with van der Waals surface area (Å²) in [7, 11) is 0. The minimum absolute atomic E-state index is 0.365. The molecule has 0 unspecified atom stereocenters. The maximum absolute atomic E-state index is 11.8. The number of hydrogen-bond acceptors (Lipinski definition) is 3. The fourth-order valence-corrected chi connectivity index (χ4v) is 1.84. The van der Waals surface area contributed by atoms with Crippen molar-refractivity contribution in [2.24, 2.45) is 0 Å². The van der Waals surface area contributed by atoms with Crippen LogP contribution in [0.5, 0.6) is 0 Å². The zero-order valence-electron chi connectivity index (χ0n) is 11.3. The monoisotopic (exact) mass is 250 g/mol. The van der Waals surface area contributed by atoms with E-state index in [2.05, 4.69) is 6.92 Å². The molecular weight excluding hydrogens is 228 g/mol. The van der Waals surface area contributed by atoms with Crippen LogP contribution in [0.2, 0.25) is 0 Å². The summed E-state index contributed by atoms with van der Waals surface area (Å²) in [4.78, 5) is 21.2. The normalized spacial score (nSPS) is 10.3. The van der Waals surface area contributed by atoms with Gasteiger partial charge in [-0.2, -0.15) is 4.89 Å². The maximum Gasteiger partial charge on any atom is 0.373 e. The van der Waals surface area contributed by atoms with Gasteiger partial charge in [-0.1, -0.05) is 44.4 Å². The van der Waals surface area contributed by atoms with Crippen LogP contribution in [0.15, 0.2) is 24.3 Å². The molecule has 100 valence electrons. The van der Waals surface area contributed by atoms with Gasteiger partial charge in [0.05, 0.1) is 12.2 Å². The van der Waals surface area contributed by atoms with Gasteiger partial charge in [0.2, 0.25) is 0 Å². The fourth-order valence-electron chi connectivity index (χ4n) is 1.84. The van der Waals surface area contributed by atoms with Gasteiger partial charge in [-0.15, -0.1) is 0 Å². The highest BCUT2D eigenvalue weighted by Crippen LogP contribution is 2.14. The molecule has 0 amide bonds. The van der Waals surface area contributed by atoms with E-state index < -0.39 is 5.97 Å². The van der Waals surface area contributed by atoms with Crippen LogP contribution in [0, 0.1) is 0 Å². The summed E-state index contributed by atoms with van der Waals surface area (Å²) in [6.45, 7) is 4.34. The Labute approximate surface area is 109 Å². The van der Waals surface area contributed by atoms with Crippen LogP contribution < -0.4 is 0 Å². The SMILES string of the molecule is CCCCCCc1ccccc1C(=O)OOCC. The first kappa shape index (κ1) is 14.7. The average Bonchev–Trinajstić information content (AvgIpc) is 2.41. The van der Waals surface area contributed by atoms with Gasteiger partial charge in [0, 0.05) is 0 Å². The van der Waals surface area contributed by atoms with Crippen LogP contribution in [0.4, 0.5) is 0 Å². The van der Waals surface area contributed by atoms with Gasteiger partial charge in [-0.25, -0.2) is 4.79 Å². The number of carbonyl (C=O) groups is 1. The third-order valence-corrected chi connectivity index (χ3v) is 2.79. The van der Waals surface area contributed by atoms with Gasteiger partial charge >= 0.3 is 5.97 Å². The molecule has 1 rings (SSSR count). The van der Waals surface area contributed by atoms with E-state index in [9.17, 15) is 4.79 Å². The quantitative estimate of drug-likeness (QED) is 0.398. The number of hydrogen-bond donors (Lipinski definition) is 0. The van der Waals surface area contributed by atoms with E-state index in [1.807, 2.05) is 18.2 Å². The topological polar surface area (TPSA) is 35.5 Å². The molecule has 3 heteroatoms. The summed E-state index contributed by atoms with van der Waals surface area (Å²) < 4.78 is 0. The Kier molecular flexibility index (Phi) is 7.11. The Morgan fingerprint density at radius 3 is 2.61 bits per heavy atom. The Morgan fingerprint density at radius 1 is 1.11 bits per heavy atom. The minimum atomic E-state index is -0.400. The molecule has 0 aliphatic rings. The van der Waals surface area contributed by atoms with Crippen molar-refractivity contribution >= 4 is 5.97 Å². The van der Waals surface area contributed by atoms with E-state index in [-0.39, 0.29) is 0 Å². The molecule has 0 N–H and O–H groups in total. The minimum Gasteiger partial charge on any atom is -0.293 e. The van der Waals surface area contributed by atoms with E-state index in [0.29, 0.717) is 12.2 Å². The number of carbonyl (C=O) groups excluding carboxylic acids is 1. The summed E-state index contributed by atoms with van der Waals surface area (Å²) in [5, 5.41) is 0. The number of unbranched alkanes of at least 4 members (excludes halogenated alkanes) is 3. The van der Waals surface area contributed by atoms with Crippen molar-refractivity contribution < 1.29 is 14.6 Å². The molecule has 3 nitrogen and oxygen atoms in total. The van der Waals surface area contributed by atoms with Crippen LogP contribution in [0.1, 0.15) is 55.5 Å². The molecule has 0 aliphatic heterocycles. The summed E-state index contributed by atoms with van der Waals surface area (Å²) in [6, 6.07) is 7.57. The third kappa shape index (κ3) is 4.88. The van der Waals surface area contributed by atoms with Crippen molar-refractivity contribution in [2.75, 3.05) is 6.61 Å². The smallest absolute Gasteiger partial charge is 0.293 e. The molecule has 0 saturated carbocycles. The Bertz CT molecular complexity index is 361. The Morgan fingerprint density at radius 2 is 1.89 bits per heavy atom. The van der Waals surface area contributed by atoms with E-state index >= 15 is 0 Å². The van der Waals surface area contributed by atoms with Gasteiger partial charge in [0.1, 0.15) is 0 Å². The van der Waals surface area contributed by atoms with Crippen molar-refractivity contribution in [2.45, 2.75) is 46.0 Å². The first-order chi connectivity index (χ1) is 8.79. The van der Waals surface area contributed by atoms with Gasteiger partial charge in [0.15, 0.2) is 0 Å². The maximum atomic E-state index is 11.8.